The molecular weight excluding hydrogens is 183 g/mol. The van der Waals surface area contributed by atoms with Gasteiger partial charge in [-0.25, -0.2) is 4.39 Å². The Balaban J connectivity index is 2.69. The van der Waals surface area contributed by atoms with Crippen LogP contribution in [-0.2, 0) is 4.79 Å². The maximum atomic E-state index is 12.5. The van der Waals surface area contributed by atoms with E-state index in [1.807, 2.05) is 0 Å². The molecule has 0 aromatic heterocycles. The van der Waals surface area contributed by atoms with Gasteiger partial charge < -0.3 is 5.11 Å². The lowest BCUT2D eigenvalue weighted by Crippen LogP contribution is -2.05. The lowest BCUT2D eigenvalue weighted by atomic mass is 10.1. The van der Waals surface area contributed by atoms with E-state index in [0.29, 0.717) is 0 Å². The molecule has 0 fully saturated rings. The maximum absolute atomic E-state index is 12.5. The first-order chi connectivity index (χ1) is 6.59. The zero-order valence-corrected chi connectivity index (χ0v) is 7.77. The first-order valence-corrected chi connectivity index (χ1v) is 4.26. The number of carbonyl (C=O) groups is 1. The highest BCUT2D eigenvalue weighted by Gasteiger charge is 2.04. The van der Waals surface area contributed by atoms with Crippen molar-refractivity contribution in [2.24, 2.45) is 5.92 Å². The van der Waals surface area contributed by atoms with Gasteiger partial charge in [0, 0.05) is 0 Å². The van der Waals surface area contributed by atoms with Gasteiger partial charge in [-0.2, -0.15) is 0 Å². The van der Waals surface area contributed by atoms with E-state index < -0.39 is 11.9 Å². The predicted octanol–water partition coefficient (Wildman–Crippen LogP) is 2.56. The van der Waals surface area contributed by atoms with Gasteiger partial charge in [0.05, 0.1) is 5.92 Å². The molecular formula is C11H11FO2. The summed E-state index contributed by atoms with van der Waals surface area (Å²) in [6.45, 7) is 1.59. The highest BCUT2D eigenvalue weighted by molar-refractivity contribution is 5.73. The van der Waals surface area contributed by atoms with Crippen LogP contribution in [0.1, 0.15) is 12.5 Å². The smallest absolute Gasteiger partial charge is 0.310 e. The Morgan fingerprint density at radius 3 is 2.50 bits per heavy atom. The second kappa shape index (κ2) is 4.56. The Kier molecular flexibility index (Phi) is 3.40. The number of aliphatic carboxylic acids is 1. The van der Waals surface area contributed by atoms with Gasteiger partial charge in [-0.15, -0.1) is 0 Å². The normalized spacial score (nSPS) is 13.0. The van der Waals surface area contributed by atoms with E-state index in [1.165, 1.54) is 12.1 Å². The first kappa shape index (κ1) is 10.4. The number of rotatable bonds is 3. The van der Waals surface area contributed by atoms with Gasteiger partial charge in [0.15, 0.2) is 0 Å². The molecule has 1 aromatic rings. The Morgan fingerprint density at radius 2 is 2.00 bits per heavy atom. The highest BCUT2D eigenvalue weighted by Crippen LogP contribution is 2.07. The molecule has 0 aliphatic carbocycles. The van der Waals surface area contributed by atoms with Crippen LogP contribution in [0.5, 0.6) is 0 Å². The molecule has 1 N–H and O–H groups in total. The van der Waals surface area contributed by atoms with Crippen molar-refractivity contribution in [3.05, 3.63) is 41.7 Å². The van der Waals surface area contributed by atoms with Gasteiger partial charge in [0.1, 0.15) is 5.82 Å². The Hall–Kier alpha value is -1.64. The van der Waals surface area contributed by atoms with Crippen molar-refractivity contribution in [3.8, 4) is 0 Å². The monoisotopic (exact) mass is 194 g/mol. The molecule has 1 aromatic carbocycles. The minimum Gasteiger partial charge on any atom is -0.481 e. The van der Waals surface area contributed by atoms with Crippen LogP contribution >= 0.6 is 0 Å². The third-order valence-corrected chi connectivity index (χ3v) is 1.84. The van der Waals surface area contributed by atoms with Crippen molar-refractivity contribution < 1.29 is 14.3 Å². The largest absolute Gasteiger partial charge is 0.481 e. The Labute approximate surface area is 81.7 Å². The number of carboxylic acids is 1. The van der Waals surface area contributed by atoms with E-state index >= 15 is 0 Å². The van der Waals surface area contributed by atoms with Crippen LogP contribution < -0.4 is 0 Å². The number of benzene rings is 1. The molecule has 74 valence electrons. The number of halogens is 1. The van der Waals surface area contributed by atoms with E-state index in [-0.39, 0.29) is 5.82 Å². The van der Waals surface area contributed by atoms with Gasteiger partial charge in [-0.05, 0) is 24.6 Å². The van der Waals surface area contributed by atoms with Crippen LogP contribution in [0.4, 0.5) is 4.39 Å². The maximum Gasteiger partial charge on any atom is 0.310 e. The summed E-state index contributed by atoms with van der Waals surface area (Å²) in [4.78, 5) is 10.5. The quantitative estimate of drug-likeness (QED) is 0.802. The van der Waals surface area contributed by atoms with Crippen molar-refractivity contribution >= 4 is 12.0 Å². The molecule has 0 aliphatic heterocycles. The molecule has 1 atom stereocenters. The standard InChI is InChI=1S/C11H11FO2/c1-8(11(13)14)2-3-9-4-6-10(12)7-5-9/h2-8H,1H3,(H,13,14)/b3-2+. The van der Waals surface area contributed by atoms with E-state index in [0.717, 1.165) is 5.56 Å². The second-order valence-electron chi connectivity index (χ2n) is 3.04. The molecule has 1 unspecified atom stereocenters. The zero-order valence-electron chi connectivity index (χ0n) is 7.77. The van der Waals surface area contributed by atoms with Gasteiger partial charge in [-0.1, -0.05) is 24.3 Å². The average molecular weight is 194 g/mol. The van der Waals surface area contributed by atoms with Crippen molar-refractivity contribution in [1.82, 2.24) is 0 Å². The minimum absolute atomic E-state index is 0.298. The van der Waals surface area contributed by atoms with E-state index in [1.54, 1.807) is 31.2 Å². The molecule has 0 aliphatic rings. The SMILES string of the molecule is CC(/C=C/c1ccc(F)cc1)C(=O)O. The Bertz CT molecular complexity index is 341. The van der Waals surface area contributed by atoms with Crippen molar-refractivity contribution in [3.63, 3.8) is 0 Å². The van der Waals surface area contributed by atoms with Crippen LogP contribution in [0.2, 0.25) is 0 Å². The first-order valence-electron chi connectivity index (χ1n) is 4.26. The zero-order chi connectivity index (χ0) is 10.6. The van der Waals surface area contributed by atoms with Gasteiger partial charge in [-0.3, -0.25) is 4.79 Å². The van der Waals surface area contributed by atoms with Crippen molar-refractivity contribution in [2.75, 3.05) is 0 Å². The summed E-state index contributed by atoms with van der Waals surface area (Å²) in [6, 6.07) is 5.87. The van der Waals surface area contributed by atoms with Gasteiger partial charge >= 0.3 is 5.97 Å². The fourth-order valence-corrected chi connectivity index (χ4v) is 0.912. The summed E-state index contributed by atoms with van der Waals surface area (Å²) in [7, 11) is 0. The summed E-state index contributed by atoms with van der Waals surface area (Å²) in [5, 5.41) is 8.59. The fraction of sp³-hybridized carbons (Fsp3) is 0.182. The predicted molar refractivity (Wildman–Crippen MR) is 52.2 cm³/mol. The van der Waals surface area contributed by atoms with Crippen LogP contribution in [0, 0.1) is 11.7 Å². The summed E-state index contributed by atoms with van der Waals surface area (Å²) >= 11 is 0. The molecule has 0 amide bonds. The molecule has 3 heteroatoms. The highest BCUT2D eigenvalue weighted by atomic mass is 19.1. The molecule has 0 saturated carbocycles. The third-order valence-electron chi connectivity index (χ3n) is 1.84. The van der Waals surface area contributed by atoms with Crippen LogP contribution in [0.3, 0.4) is 0 Å². The molecule has 0 radical (unpaired) electrons. The lowest BCUT2D eigenvalue weighted by Gasteiger charge is -1.97. The molecule has 0 saturated heterocycles. The summed E-state index contributed by atoms with van der Waals surface area (Å²) < 4.78 is 12.5. The van der Waals surface area contributed by atoms with Crippen LogP contribution in [0.25, 0.3) is 6.08 Å². The molecule has 14 heavy (non-hydrogen) atoms. The molecule has 0 spiro atoms. The molecule has 0 heterocycles. The second-order valence-corrected chi connectivity index (χ2v) is 3.04. The lowest BCUT2D eigenvalue weighted by molar-refractivity contribution is -0.139. The average Bonchev–Trinajstić information content (AvgIpc) is 2.16. The molecule has 0 bridgehead atoms. The Morgan fingerprint density at radius 1 is 1.43 bits per heavy atom. The number of hydrogen-bond donors (Lipinski definition) is 1. The van der Waals surface area contributed by atoms with Crippen LogP contribution in [-0.4, -0.2) is 11.1 Å². The fourth-order valence-electron chi connectivity index (χ4n) is 0.912. The number of carboxylic acid groups (broad SMARTS) is 1. The number of hydrogen-bond acceptors (Lipinski definition) is 1. The van der Waals surface area contributed by atoms with E-state index in [9.17, 15) is 9.18 Å². The third kappa shape index (κ3) is 3.01. The summed E-state index contributed by atoms with van der Waals surface area (Å²) in [5.74, 6) is -1.70. The van der Waals surface area contributed by atoms with Gasteiger partial charge in [0.25, 0.3) is 0 Å². The van der Waals surface area contributed by atoms with Gasteiger partial charge in [0.2, 0.25) is 0 Å². The summed E-state index contributed by atoms with van der Waals surface area (Å²) in [5.41, 5.74) is 0.791. The molecule has 1 rings (SSSR count). The van der Waals surface area contributed by atoms with Crippen molar-refractivity contribution in [2.45, 2.75) is 6.92 Å². The topological polar surface area (TPSA) is 37.3 Å². The minimum atomic E-state index is -0.872. The summed E-state index contributed by atoms with van der Waals surface area (Å²) in [6.07, 6.45) is 3.23. The van der Waals surface area contributed by atoms with Crippen molar-refractivity contribution in [1.29, 1.82) is 0 Å². The van der Waals surface area contributed by atoms with E-state index in [2.05, 4.69) is 0 Å². The van der Waals surface area contributed by atoms with Crippen LogP contribution in [0.15, 0.2) is 30.3 Å². The molecule has 2 nitrogen and oxygen atoms in total. The van der Waals surface area contributed by atoms with E-state index in [4.69, 9.17) is 5.11 Å².